The van der Waals surface area contributed by atoms with Gasteiger partial charge in [0.2, 0.25) is 5.82 Å². The molecular weight excluding hydrogens is 409 g/mol. The molecule has 0 unspecified atom stereocenters. The van der Waals surface area contributed by atoms with E-state index >= 15 is 0 Å². The lowest BCUT2D eigenvalue weighted by Crippen LogP contribution is -2.39. The third-order valence-corrected chi connectivity index (χ3v) is 3.34. The summed E-state index contributed by atoms with van der Waals surface area (Å²) in [4.78, 5) is 22.1. The summed E-state index contributed by atoms with van der Waals surface area (Å²) in [5.74, 6) is -17.4. The predicted molar refractivity (Wildman–Crippen MR) is 64.0 cm³/mol. The molecule has 0 bridgehead atoms. The first kappa shape index (κ1) is 21.6. The number of rotatable bonds is 6. The van der Waals surface area contributed by atoms with Crippen LogP contribution in [0.3, 0.4) is 0 Å². The lowest BCUT2D eigenvalue weighted by Gasteiger charge is -2.12. The first-order chi connectivity index (χ1) is 11.7. The van der Waals surface area contributed by atoms with Gasteiger partial charge in [-0.05, 0) is 0 Å². The van der Waals surface area contributed by atoms with Gasteiger partial charge in [-0.3, -0.25) is 4.55 Å². The summed E-state index contributed by atoms with van der Waals surface area (Å²) < 4.78 is 127. The van der Waals surface area contributed by atoms with Crippen molar-refractivity contribution >= 4 is 22.1 Å². The molecule has 1 aromatic carbocycles. The van der Waals surface area contributed by atoms with Gasteiger partial charge in [0.15, 0.2) is 23.3 Å². The number of carbonyl (C=O) groups excluding carboxylic acids is 2. The van der Waals surface area contributed by atoms with Crippen LogP contribution in [0, 0.1) is 29.1 Å². The van der Waals surface area contributed by atoms with Crippen molar-refractivity contribution < 1.29 is 62.8 Å². The molecule has 0 amide bonds. The highest BCUT2D eigenvalue weighted by Crippen LogP contribution is 2.24. The molecule has 0 heterocycles. The second kappa shape index (κ2) is 7.45. The molecule has 0 aliphatic heterocycles. The molecule has 0 aliphatic carbocycles. The van der Waals surface area contributed by atoms with Crippen LogP contribution in [0.5, 0.6) is 0 Å². The summed E-state index contributed by atoms with van der Waals surface area (Å²) in [5, 5.41) is -5.35. The Kier molecular flexibility index (Phi) is 6.19. The zero-order chi connectivity index (χ0) is 20.4. The van der Waals surface area contributed by atoms with E-state index in [-0.39, 0.29) is 0 Å². The number of hydrogen-bond acceptors (Lipinski definition) is 6. The van der Waals surface area contributed by atoms with Gasteiger partial charge in [0.05, 0.1) is 0 Å². The van der Waals surface area contributed by atoms with Gasteiger partial charge in [-0.1, -0.05) is 0 Å². The lowest BCUT2D eigenvalue weighted by atomic mass is 10.1. The molecule has 15 heteroatoms. The van der Waals surface area contributed by atoms with Crippen molar-refractivity contribution in [2.24, 2.45) is 0 Å². The zero-order valence-corrected chi connectivity index (χ0v) is 12.7. The van der Waals surface area contributed by atoms with Crippen LogP contribution in [0.2, 0.25) is 0 Å². The summed E-state index contributed by atoms with van der Waals surface area (Å²) in [6.45, 7) is -2.53. The minimum absolute atomic E-state index is 1.23. The maximum atomic E-state index is 13.3. The van der Waals surface area contributed by atoms with Crippen LogP contribution in [0.15, 0.2) is 0 Å². The average Bonchev–Trinajstić information content (AvgIpc) is 2.53. The molecule has 26 heavy (non-hydrogen) atoms. The molecule has 1 aromatic rings. The first-order valence-corrected chi connectivity index (χ1v) is 7.38. The first-order valence-electron chi connectivity index (χ1n) is 5.94. The number of hydrogen-bond donors (Lipinski definition) is 1. The molecule has 0 spiro atoms. The van der Waals surface area contributed by atoms with Crippen molar-refractivity contribution in [2.75, 3.05) is 13.2 Å². The number of carbonyl (C=O) groups is 2. The maximum absolute atomic E-state index is 13.3. The Morgan fingerprint density at radius 2 is 1.23 bits per heavy atom. The minimum atomic E-state index is -6.16. The van der Waals surface area contributed by atoms with E-state index in [1.165, 1.54) is 0 Å². The monoisotopic (exact) mass is 414 g/mol. The highest BCUT2D eigenvalue weighted by atomic mass is 32.2. The fourth-order valence-corrected chi connectivity index (χ4v) is 1.58. The highest BCUT2D eigenvalue weighted by molar-refractivity contribution is 7.87. The Hall–Kier alpha value is -2.42. The lowest BCUT2D eigenvalue weighted by molar-refractivity contribution is -0.162. The van der Waals surface area contributed by atoms with Crippen molar-refractivity contribution in [1.29, 1.82) is 0 Å². The van der Waals surface area contributed by atoms with Crippen molar-refractivity contribution in [2.45, 2.75) is 5.25 Å². The zero-order valence-electron chi connectivity index (χ0n) is 11.9. The number of esters is 2. The highest BCUT2D eigenvalue weighted by Gasteiger charge is 2.54. The van der Waals surface area contributed by atoms with Crippen LogP contribution in [0.4, 0.5) is 30.7 Å². The van der Waals surface area contributed by atoms with E-state index in [1.54, 1.807) is 0 Å². The third kappa shape index (κ3) is 4.04. The Morgan fingerprint density at radius 1 is 0.846 bits per heavy atom. The van der Waals surface area contributed by atoms with E-state index in [9.17, 15) is 48.7 Å². The molecule has 1 rings (SSSR count). The second-order valence-corrected chi connectivity index (χ2v) is 5.67. The van der Waals surface area contributed by atoms with Gasteiger partial charge in [0, 0.05) is 0 Å². The topological polar surface area (TPSA) is 107 Å². The fourth-order valence-electron chi connectivity index (χ4n) is 1.31. The van der Waals surface area contributed by atoms with Gasteiger partial charge in [-0.2, -0.15) is 17.2 Å². The van der Waals surface area contributed by atoms with Crippen molar-refractivity contribution in [3.8, 4) is 0 Å². The van der Waals surface area contributed by atoms with E-state index in [0.717, 1.165) is 0 Å². The van der Waals surface area contributed by atoms with E-state index in [2.05, 4.69) is 9.47 Å². The SMILES string of the molecule is O=C(OCCOC(=O)C(F)(F)S(=O)(=O)O)c1c(F)c(F)c(F)c(F)c1F. The van der Waals surface area contributed by atoms with Crippen molar-refractivity contribution in [3.63, 3.8) is 0 Å². The van der Waals surface area contributed by atoms with Crippen molar-refractivity contribution in [3.05, 3.63) is 34.6 Å². The predicted octanol–water partition coefficient (Wildman–Crippen LogP) is 1.56. The van der Waals surface area contributed by atoms with Gasteiger partial charge >= 0.3 is 27.3 Å². The van der Waals surface area contributed by atoms with Crippen LogP contribution in [-0.4, -0.2) is 43.4 Å². The second-order valence-electron chi connectivity index (χ2n) is 4.21. The van der Waals surface area contributed by atoms with Crippen LogP contribution >= 0.6 is 0 Å². The number of ether oxygens (including phenoxy) is 2. The number of halogens is 7. The van der Waals surface area contributed by atoms with Gasteiger partial charge < -0.3 is 9.47 Å². The molecule has 0 saturated heterocycles. The Bertz CT molecular complexity index is 824. The Balaban J connectivity index is 2.77. The van der Waals surface area contributed by atoms with Gasteiger partial charge in [-0.15, -0.1) is 0 Å². The van der Waals surface area contributed by atoms with E-state index < -0.39 is 75.2 Å². The molecule has 0 radical (unpaired) electrons. The van der Waals surface area contributed by atoms with Crippen LogP contribution < -0.4 is 0 Å². The molecule has 1 N–H and O–H groups in total. The average molecular weight is 414 g/mol. The van der Waals surface area contributed by atoms with Crippen LogP contribution in [-0.2, 0) is 24.4 Å². The molecule has 146 valence electrons. The molecule has 0 aliphatic rings. The summed E-state index contributed by atoms with van der Waals surface area (Å²) in [6, 6.07) is 0. The Morgan fingerprint density at radius 3 is 1.65 bits per heavy atom. The van der Waals surface area contributed by atoms with Crippen LogP contribution in [0.1, 0.15) is 10.4 Å². The number of benzene rings is 1. The fraction of sp³-hybridized carbons (Fsp3) is 0.273. The van der Waals surface area contributed by atoms with Crippen LogP contribution in [0.25, 0.3) is 0 Å². The van der Waals surface area contributed by atoms with Crippen molar-refractivity contribution in [1.82, 2.24) is 0 Å². The molecule has 0 fully saturated rings. The van der Waals surface area contributed by atoms with Gasteiger partial charge in [0.1, 0.15) is 18.8 Å². The summed E-state index contributed by atoms with van der Waals surface area (Å²) >= 11 is 0. The smallest absolute Gasteiger partial charge is 0.458 e. The summed E-state index contributed by atoms with van der Waals surface area (Å²) in [6.07, 6.45) is 0. The maximum Gasteiger partial charge on any atom is 0.465 e. The van der Waals surface area contributed by atoms with E-state index in [1.807, 2.05) is 0 Å². The third-order valence-electron chi connectivity index (χ3n) is 2.53. The van der Waals surface area contributed by atoms with E-state index in [4.69, 9.17) is 4.55 Å². The molecule has 0 aromatic heterocycles. The summed E-state index contributed by atoms with van der Waals surface area (Å²) in [5.41, 5.74) is -1.99. The van der Waals surface area contributed by atoms with Gasteiger partial charge in [0.25, 0.3) is 0 Å². The molecule has 7 nitrogen and oxygen atoms in total. The number of alkyl halides is 2. The molecule has 0 saturated carbocycles. The normalized spacial score (nSPS) is 12.0. The quantitative estimate of drug-likeness (QED) is 0.188. The molecule has 0 atom stereocenters. The standard InChI is InChI=1S/C11H5F7O7S/c12-4-3(5(13)7(15)8(16)6(4)14)9(19)24-1-2-25-10(20)11(17,18)26(21,22)23/h1-2H2,(H,21,22,23). The van der Waals surface area contributed by atoms with E-state index in [0.29, 0.717) is 0 Å². The summed E-state index contributed by atoms with van der Waals surface area (Å²) in [7, 11) is -6.16. The minimum Gasteiger partial charge on any atom is -0.458 e. The Labute approximate surface area is 139 Å². The molecular formula is C11H5F7O7S. The van der Waals surface area contributed by atoms with Gasteiger partial charge in [-0.25, -0.2) is 31.5 Å². The largest absolute Gasteiger partial charge is 0.465 e.